The summed E-state index contributed by atoms with van der Waals surface area (Å²) in [5.74, 6) is 0.254. The van der Waals surface area contributed by atoms with Crippen LogP contribution in [-0.2, 0) is 9.53 Å². The van der Waals surface area contributed by atoms with E-state index < -0.39 is 0 Å². The van der Waals surface area contributed by atoms with Crippen molar-refractivity contribution >= 4 is 5.91 Å². The van der Waals surface area contributed by atoms with E-state index in [2.05, 4.69) is 16.9 Å². The van der Waals surface area contributed by atoms with Crippen LogP contribution < -0.4 is 0 Å². The molecule has 0 aromatic carbocycles. The van der Waals surface area contributed by atoms with Crippen molar-refractivity contribution in [2.24, 2.45) is 10.3 Å². The first-order chi connectivity index (χ1) is 9.31. The Morgan fingerprint density at radius 3 is 3.05 bits per heavy atom. The number of rotatable bonds is 1. The van der Waals surface area contributed by atoms with Crippen molar-refractivity contribution in [2.75, 3.05) is 26.4 Å². The van der Waals surface area contributed by atoms with Gasteiger partial charge in [0.1, 0.15) is 0 Å². The van der Waals surface area contributed by atoms with Gasteiger partial charge in [0.05, 0.1) is 12.6 Å². The van der Waals surface area contributed by atoms with E-state index in [1.807, 2.05) is 4.90 Å². The topological polar surface area (TPSA) is 57.5 Å². The summed E-state index contributed by atoms with van der Waals surface area (Å²) < 4.78 is 5.49. The van der Waals surface area contributed by atoms with Gasteiger partial charge in [-0.1, -0.05) is 11.8 Å². The Bertz CT molecular complexity index is 346. The summed E-state index contributed by atoms with van der Waals surface area (Å²) in [4.78, 5) is 14.1. The predicted molar refractivity (Wildman–Crippen MR) is 71.2 cm³/mol. The van der Waals surface area contributed by atoms with Crippen molar-refractivity contribution < 1.29 is 9.53 Å². The van der Waals surface area contributed by atoms with Crippen LogP contribution in [0.5, 0.6) is 0 Å². The first kappa shape index (κ1) is 14.0. The molecule has 106 valence electrons. The fourth-order valence-corrected chi connectivity index (χ4v) is 2.54. The van der Waals surface area contributed by atoms with Crippen molar-refractivity contribution in [3.8, 4) is 0 Å². The normalized spacial score (nSPS) is 28.0. The summed E-state index contributed by atoms with van der Waals surface area (Å²) in [6, 6.07) is 0.221. The molecule has 1 amide bonds. The van der Waals surface area contributed by atoms with Gasteiger partial charge in [0.15, 0.2) is 6.73 Å². The Balaban J connectivity index is 1.94. The molecule has 0 N–H and O–H groups in total. The molecule has 6 heteroatoms. The highest BCUT2D eigenvalue weighted by atomic mass is 16.5. The van der Waals surface area contributed by atoms with Gasteiger partial charge in [-0.25, -0.2) is 0 Å². The second-order valence-electron chi connectivity index (χ2n) is 4.92. The molecule has 2 aliphatic heterocycles. The minimum atomic E-state index is 0.221. The Morgan fingerprint density at radius 1 is 1.32 bits per heavy atom. The average molecular weight is 266 g/mol. The number of amides is 1. The van der Waals surface area contributed by atoms with E-state index in [1.165, 1.54) is 0 Å². The largest absolute Gasteiger partial charge is 0.355 e. The lowest BCUT2D eigenvalue weighted by Gasteiger charge is -2.24. The summed E-state index contributed by atoms with van der Waals surface area (Å²) in [6.45, 7) is 6.09. The third kappa shape index (κ3) is 4.02. The minimum absolute atomic E-state index is 0.221. The van der Waals surface area contributed by atoms with Crippen LogP contribution >= 0.6 is 0 Å². The van der Waals surface area contributed by atoms with Crippen molar-refractivity contribution in [1.29, 1.82) is 0 Å². The number of nitrogens with zero attached hydrogens (tertiary/aromatic N) is 4. The second-order valence-corrected chi connectivity index (χ2v) is 4.92. The van der Waals surface area contributed by atoms with Gasteiger partial charge in [-0.05, 0) is 25.7 Å². The Kier molecular flexibility index (Phi) is 5.32. The first-order valence-corrected chi connectivity index (χ1v) is 6.95. The third-order valence-electron chi connectivity index (χ3n) is 3.57. The lowest BCUT2D eigenvalue weighted by atomic mass is 10.2. The van der Waals surface area contributed by atoms with E-state index in [0.717, 1.165) is 38.8 Å². The van der Waals surface area contributed by atoms with Crippen LogP contribution in [0.4, 0.5) is 0 Å². The molecule has 0 radical (unpaired) electrons. The maximum Gasteiger partial charge on any atom is 0.222 e. The average Bonchev–Trinajstić information content (AvgIpc) is 2.88. The van der Waals surface area contributed by atoms with E-state index in [0.29, 0.717) is 13.0 Å². The fourth-order valence-electron chi connectivity index (χ4n) is 2.54. The maximum atomic E-state index is 12.1. The number of ether oxygens (including phenoxy) is 1. The van der Waals surface area contributed by atoms with Gasteiger partial charge in [-0.2, -0.15) is 0 Å². The summed E-state index contributed by atoms with van der Waals surface area (Å²) >= 11 is 0. The summed E-state index contributed by atoms with van der Waals surface area (Å²) in [6.07, 6.45) is 6.15. The molecule has 2 heterocycles. The van der Waals surface area contributed by atoms with E-state index in [4.69, 9.17) is 4.74 Å². The number of hydrogen-bond donors (Lipinski definition) is 0. The van der Waals surface area contributed by atoms with Gasteiger partial charge in [-0.3, -0.25) is 9.80 Å². The zero-order valence-corrected chi connectivity index (χ0v) is 11.3. The van der Waals surface area contributed by atoms with Crippen LogP contribution in [-0.4, -0.2) is 48.3 Å². The predicted octanol–water partition coefficient (Wildman–Crippen LogP) is 1.95. The van der Waals surface area contributed by atoms with Crippen molar-refractivity contribution in [2.45, 2.75) is 38.1 Å². The van der Waals surface area contributed by atoms with Crippen molar-refractivity contribution in [1.82, 2.24) is 9.91 Å². The molecule has 19 heavy (non-hydrogen) atoms. The number of carbonyl (C=O) groups is 1. The van der Waals surface area contributed by atoms with E-state index in [9.17, 15) is 4.79 Å². The highest BCUT2D eigenvalue weighted by Gasteiger charge is 2.28. The Morgan fingerprint density at radius 2 is 2.21 bits per heavy atom. The van der Waals surface area contributed by atoms with Gasteiger partial charge >= 0.3 is 0 Å². The van der Waals surface area contributed by atoms with Crippen LogP contribution in [0.15, 0.2) is 23.1 Å². The monoisotopic (exact) mass is 266 g/mol. The van der Waals surface area contributed by atoms with Crippen LogP contribution in [0, 0.1) is 0 Å². The van der Waals surface area contributed by atoms with Crippen LogP contribution in [0.25, 0.3) is 0 Å². The van der Waals surface area contributed by atoms with Crippen LogP contribution in [0.3, 0.4) is 0 Å². The molecule has 1 atom stereocenters. The summed E-state index contributed by atoms with van der Waals surface area (Å²) in [5, 5.41) is 9.69. The van der Waals surface area contributed by atoms with E-state index in [1.54, 1.807) is 11.2 Å². The van der Waals surface area contributed by atoms with Gasteiger partial charge < -0.3 is 9.64 Å². The second kappa shape index (κ2) is 7.23. The zero-order chi connectivity index (χ0) is 13.5. The first-order valence-electron chi connectivity index (χ1n) is 6.95. The molecular weight excluding hydrogens is 244 g/mol. The number of carbonyl (C=O) groups excluding carboxylic acids is 1. The standard InChI is InChI=1S/C13H22N4O2/c1-2-16-8-4-3-7-13(18)17-9-5-6-12(17)10-19-11-14-15-16/h2,12H,1,3-11H2/b15-14-. The smallest absolute Gasteiger partial charge is 0.222 e. The molecule has 0 spiro atoms. The molecule has 0 aromatic rings. The van der Waals surface area contributed by atoms with Gasteiger partial charge in [0, 0.05) is 25.7 Å². The minimum Gasteiger partial charge on any atom is -0.355 e. The SMILES string of the molecule is C=CN1CCCCC(=O)N2CCCC2COC/N=N\1. The quantitative estimate of drug-likeness (QED) is 0.729. The molecule has 2 rings (SSSR count). The maximum absolute atomic E-state index is 12.1. The number of fused-ring (bicyclic) bond motifs is 1. The van der Waals surface area contributed by atoms with Crippen molar-refractivity contribution in [3.05, 3.63) is 12.8 Å². The molecular formula is C13H22N4O2. The number of hydrogen-bond acceptors (Lipinski definition) is 5. The molecule has 1 fully saturated rings. The molecule has 1 saturated heterocycles. The highest BCUT2D eigenvalue weighted by Crippen LogP contribution is 2.19. The summed E-state index contributed by atoms with van der Waals surface area (Å²) in [5.41, 5.74) is 0. The molecule has 0 aliphatic carbocycles. The van der Waals surface area contributed by atoms with Gasteiger partial charge in [0.25, 0.3) is 0 Å². The highest BCUT2D eigenvalue weighted by molar-refractivity contribution is 5.76. The molecule has 0 aromatic heterocycles. The lowest BCUT2D eigenvalue weighted by molar-refractivity contribution is -0.133. The van der Waals surface area contributed by atoms with Crippen LogP contribution in [0.1, 0.15) is 32.1 Å². The fraction of sp³-hybridized carbons (Fsp3) is 0.769. The van der Waals surface area contributed by atoms with Gasteiger partial charge in [-0.15, -0.1) is 5.11 Å². The zero-order valence-electron chi connectivity index (χ0n) is 11.3. The third-order valence-corrected chi connectivity index (χ3v) is 3.57. The van der Waals surface area contributed by atoms with Crippen LogP contribution in [0.2, 0.25) is 0 Å². The molecule has 6 nitrogen and oxygen atoms in total. The Labute approximate surface area is 114 Å². The molecule has 0 bridgehead atoms. The van der Waals surface area contributed by atoms with E-state index in [-0.39, 0.29) is 18.7 Å². The molecule has 2 aliphatic rings. The molecule has 0 saturated carbocycles. The van der Waals surface area contributed by atoms with Crippen molar-refractivity contribution in [3.63, 3.8) is 0 Å². The summed E-state index contributed by atoms with van der Waals surface area (Å²) in [7, 11) is 0. The lowest BCUT2D eigenvalue weighted by Crippen LogP contribution is -2.38. The molecule has 1 unspecified atom stereocenters. The Hall–Kier alpha value is -1.43. The van der Waals surface area contributed by atoms with E-state index >= 15 is 0 Å². The van der Waals surface area contributed by atoms with Gasteiger partial charge in [0.2, 0.25) is 5.91 Å².